The average molecular weight is 350 g/mol. The number of fused-ring (bicyclic) bond motifs is 1. The van der Waals surface area contributed by atoms with E-state index in [9.17, 15) is 9.59 Å². The largest absolute Gasteiger partial charge is 0.444 e. The number of morpholine rings is 1. The van der Waals surface area contributed by atoms with Crippen LogP contribution in [-0.2, 0) is 29.5 Å². The Hall–Kier alpha value is -2.09. The number of rotatable bonds is 1. The Labute approximate surface area is 147 Å². The standard InChI is InChI=1S/C17H26N4O4/c1-17(2,3)25-16(23)21-6-5-12-13(11-21)19(4)18-14(12)15(22)20-7-9-24-10-8-20/h5-11H2,1-4H3. The van der Waals surface area contributed by atoms with Crippen molar-refractivity contribution < 1.29 is 19.1 Å². The van der Waals surface area contributed by atoms with Gasteiger partial charge in [-0.2, -0.15) is 5.10 Å². The molecule has 0 N–H and O–H groups in total. The Bertz CT molecular complexity index is 671. The van der Waals surface area contributed by atoms with Crippen LogP contribution in [-0.4, -0.2) is 70.0 Å². The molecule has 0 radical (unpaired) electrons. The van der Waals surface area contributed by atoms with Crippen LogP contribution in [0.15, 0.2) is 0 Å². The molecule has 0 aromatic carbocycles. The zero-order chi connectivity index (χ0) is 18.2. The molecule has 1 aromatic rings. The third-order valence-corrected chi connectivity index (χ3v) is 4.40. The highest BCUT2D eigenvalue weighted by molar-refractivity contribution is 5.94. The van der Waals surface area contributed by atoms with Crippen LogP contribution in [0, 0.1) is 0 Å². The van der Waals surface area contributed by atoms with Crippen LogP contribution in [0.25, 0.3) is 0 Å². The average Bonchev–Trinajstić information content (AvgIpc) is 2.90. The Morgan fingerprint density at radius 1 is 1.12 bits per heavy atom. The Morgan fingerprint density at radius 2 is 1.80 bits per heavy atom. The minimum atomic E-state index is -0.527. The van der Waals surface area contributed by atoms with Crippen molar-refractivity contribution in [1.29, 1.82) is 0 Å². The second-order valence-electron chi connectivity index (χ2n) is 7.45. The lowest BCUT2D eigenvalue weighted by Gasteiger charge is -2.30. The maximum atomic E-state index is 12.8. The van der Waals surface area contributed by atoms with E-state index in [1.165, 1.54) is 0 Å². The van der Waals surface area contributed by atoms with E-state index in [4.69, 9.17) is 9.47 Å². The van der Waals surface area contributed by atoms with Crippen LogP contribution >= 0.6 is 0 Å². The highest BCUT2D eigenvalue weighted by Gasteiger charge is 2.32. The molecule has 0 unspecified atom stereocenters. The lowest BCUT2D eigenvalue weighted by atomic mass is 10.0. The van der Waals surface area contributed by atoms with Gasteiger partial charge in [0.05, 0.1) is 25.5 Å². The van der Waals surface area contributed by atoms with Gasteiger partial charge in [0.1, 0.15) is 5.60 Å². The van der Waals surface area contributed by atoms with Crippen LogP contribution < -0.4 is 0 Å². The second-order valence-corrected chi connectivity index (χ2v) is 7.45. The van der Waals surface area contributed by atoms with Crippen molar-refractivity contribution in [1.82, 2.24) is 19.6 Å². The molecule has 2 aliphatic heterocycles. The smallest absolute Gasteiger partial charge is 0.410 e. The van der Waals surface area contributed by atoms with Crippen molar-refractivity contribution in [3.8, 4) is 0 Å². The number of carbonyl (C=O) groups is 2. The summed E-state index contributed by atoms with van der Waals surface area (Å²) >= 11 is 0. The predicted molar refractivity (Wildman–Crippen MR) is 90.3 cm³/mol. The summed E-state index contributed by atoms with van der Waals surface area (Å²) in [5.74, 6) is -0.0501. The topological polar surface area (TPSA) is 76.9 Å². The monoisotopic (exact) mass is 350 g/mol. The molecule has 0 spiro atoms. The molecule has 3 rings (SSSR count). The number of amides is 2. The first kappa shape index (κ1) is 17.7. The van der Waals surface area contributed by atoms with E-state index >= 15 is 0 Å². The molecule has 1 fully saturated rings. The Kier molecular flexibility index (Phi) is 4.73. The van der Waals surface area contributed by atoms with E-state index in [0.717, 1.165) is 11.3 Å². The van der Waals surface area contributed by atoms with Gasteiger partial charge in [0.15, 0.2) is 5.69 Å². The minimum Gasteiger partial charge on any atom is -0.444 e. The first-order chi connectivity index (χ1) is 11.8. The second kappa shape index (κ2) is 6.67. The first-order valence-corrected chi connectivity index (χ1v) is 8.66. The Balaban J connectivity index is 1.77. The normalized spacial score (nSPS) is 18.1. The molecule has 0 bridgehead atoms. The van der Waals surface area contributed by atoms with Crippen molar-refractivity contribution >= 4 is 12.0 Å². The van der Waals surface area contributed by atoms with Crippen molar-refractivity contribution in [2.75, 3.05) is 32.8 Å². The van der Waals surface area contributed by atoms with Gasteiger partial charge >= 0.3 is 6.09 Å². The number of hydrogen-bond acceptors (Lipinski definition) is 5. The fourth-order valence-corrected chi connectivity index (χ4v) is 3.14. The van der Waals surface area contributed by atoms with Gasteiger partial charge in [-0.05, 0) is 27.2 Å². The molecular weight excluding hydrogens is 324 g/mol. The number of aromatic nitrogens is 2. The molecule has 2 aliphatic rings. The summed E-state index contributed by atoms with van der Waals surface area (Å²) < 4.78 is 12.5. The molecule has 0 aliphatic carbocycles. The molecule has 25 heavy (non-hydrogen) atoms. The summed E-state index contributed by atoms with van der Waals surface area (Å²) in [4.78, 5) is 28.5. The third kappa shape index (κ3) is 3.78. The quantitative estimate of drug-likeness (QED) is 0.760. The molecule has 3 heterocycles. The lowest BCUT2D eigenvalue weighted by molar-refractivity contribution is 0.0219. The number of nitrogens with zero attached hydrogens (tertiary/aromatic N) is 4. The van der Waals surface area contributed by atoms with Gasteiger partial charge in [-0.15, -0.1) is 0 Å². The summed E-state index contributed by atoms with van der Waals surface area (Å²) in [6, 6.07) is 0. The van der Waals surface area contributed by atoms with Crippen molar-refractivity contribution in [2.45, 2.75) is 39.3 Å². The van der Waals surface area contributed by atoms with Crippen LogP contribution in [0.2, 0.25) is 0 Å². The number of hydrogen-bond donors (Lipinski definition) is 0. The number of ether oxygens (including phenoxy) is 2. The van der Waals surface area contributed by atoms with E-state index in [0.29, 0.717) is 51.5 Å². The van der Waals surface area contributed by atoms with E-state index < -0.39 is 5.60 Å². The summed E-state index contributed by atoms with van der Waals surface area (Å²) in [6.07, 6.45) is 0.272. The fourth-order valence-electron chi connectivity index (χ4n) is 3.14. The predicted octanol–water partition coefficient (Wildman–Crippen LogP) is 1.19. The SMILES string of the molecule is Cn1nc(C(=O)N2CCOCC2)c2c1CN(C(=O)OC(C)(C)C)CC2. The molecule has 8 heteroatoms. The van der Waals surface area contributed by atoms with Crippen molar-refractivity contribution in [3.63, 3.8) is 0 Å². The van der Waals surface area contributed by atoms with Gasteiger partial charge in [0.25, 0.3) is 5.91 Å². The van der Waals surface area contributed by atoms with E-state index in [-0.39, 0.29) is 12.0 Å². The van der Waals surface area contributed by atoms with Crippen LogP contribution in [0.1, 0.15) is 42.5 Å². The number of aryl methyl sites for hydroxylation is 1. The van der Waals surface area contributed by atoms with Gasteiger partial charge in [0, 0.05) is 32.2 Å². The van der Waals surface area contributed by atoms with Gasteiger partial charge in [-0.3, -0.25) is 9.48 Å². The maximum absolute atomic E-state index is 12.8. The summed E-state index contributed by atoms with van der Waals surface area (Å²) in [5, 5.41) is 4.44. The maximum Gasteiger partial charge on any atom is 0.410 e. The van der Waals surface area contributed by atoms with Gasteiger partial charge in [-0.1, -0.05) is 0 Å². The van der Waals surface area contributed by atoms with Gasteiger partial charge < -0.3 is 19.3 Å². The fraction of sp³-hybridized carbons (Fsp3) is 0.706. The zero-order valence-corrected chi connectivity index (χ0v) is 15.4. The van der Waals surface area contributed by atoms with Crippen LogP contribution in [0.4, 0.5) is 4.79 Å². The summed E-state index contributed by atoms with van der Waals surface area (Å²) in [6.45, 7) is 8.79. The summed E-state index contributed by atoms with van der Waals surface area (Å²) in [7, 11) is 1.81. The van der Waals surface area contributed by atoms with Crippen molar-refractivity contribution in [3.05, 3.63) is 17.0 Å². The molecular formula is C17H26N4O4. The molecule has 1 aromatic heterocycles. The highest BCUT2D eigenvalue weighted by atomic mass is 16.6. The molecule has 0 atom stereocenters. The van der Waals surface area contributed by atoms with E-state index in [1.807, 2.05) is 27.8 Å². The van der Waals surface area contributed by atoms with Gasteiger partial charge in [-0.25, -0.2) is 4.79 Å². The minimum absolute atomic E-state index is 0.0501. The van der Waals surface area contributed by atoms with Crippen LogP contribution in [0.5, 0.6) is 0 Å². The molecule has 138 valence electrons. The number of carbonyl (C=O) groups excluding carboxylic acids is 2. The van der Waals surface area contributed by atoms with Gasteiger partial charge in [0.2, 0.25) is 0 Å². The van der Waals surface area contributed by atoms with Crippen molar-refractivity contribution in [2.24, 2.45) is 7.05 Å². The van der Waals surface area contributed by atoms with Crippen LogP contribution in [0.3, 0.4) is 0 Å². The molecule has 1 saturated heterocycles. The molecule has 8 nitrogen and oxygen atoms in total. The van der Waals surface area contributed by atoms with E-state index in [2.05, 4.69) is 5.10 Å². The lowest BCUT2D eigenvalue weighted by Crippen LogP contribution is -2.42. The third-order valence-electron chi connectivity index (χ3n) is 4.40. The molecule has 2 amide bonds. The first-order valence-electron chi connectivity index (χ1n) is 8.66. The summed E-state index contributed by atoms with van der Waals surface area (Å²) in [5.41, 5.74) is 1.82. The Morgan fingerprint density at radius 3 is 2.44 bits per heavy atom. The van der Waals surface area contributed by atoms with E-state index in [1.54, 1.807) is 14.5 Å². The zero-order valence-electron chi connectivity index (χ0n) is 15.4. The highest BCUT2D eigenvalue weighted by Crippen LogP contribution is 2.24. The molecule has 0 saturated carbocycles.